The summed E-state index contributed by atoms with van der Waals surface area (Å²) in [6.45, 7) is 2.08. The molecule has 60 valence electrons. The van der Waals surface area contributed by atoms with Crippen molar-refractivity contribution >= 4 is 11.6 Å². The van der Waals surface area contributed by atoms with Crippen LogP contribution in [0.3, 0.4) is 0 Å². The summed E-state index contributed by atoms with van der Waals surface area (Å²) in [5.41, 5.74) is 4.90. The van der Waals surface area contributed by atoms with Gasteiger partial charge in [0.25, 0.3) is 5.91 Å². The fraction of sp³-hybridized carbons (Fsp3) is 0.714. The number of hydrogen-bond acceptors (Lipinski definition) is 2. The molecule has 0 unspecified atom stereocenters. The second-order valence-corrected chi connectivity index (χ2v) is 2.30. The van der Waals surface area contributed by atoms with Gasteiger partial charge < -0.3 is 7.16 Å². The Morgan fingerprint density at radius 2 is 2.09 bits per heavy atom. The van der Waals surface area contributed by atoms with E-state index in [0.717, 1.165) is 19.3 Å². The summed E-state index contributed by atoms with van der Waals surface area (Å²) in [5.74, 6) is -0.587. The molecule has 3 N–H and O–H groups in total. The number of nitrogens with one attached hydrogen (secondary N) is 1. The quantitative estimate of drug-likeness (QED) is 0.271. The Hall–Kier alpha value is -0.263. The number of carbonyl (C=O) groups excluding carboxylic acids is 1. The summed E-state index contributed by atoms with van der Waals surface area (Å²) in [7, 11) is 0. The van der Waals surface area contributed by atoms with Crippen molar-refractivity contribution in [3.05, 3.63) is 0 Å². The van der Waals surface area contributed by atoms with Crippen molar-refractivity contribution in [2.45, 2.75) is 32.6 Å². The van der Waals surface area contributed by atoms with Crippen molar-refractivity contribution < 1.29 is 25.1 Å². The molecule has 0 bridgehead atoms. The van der Waals surface area contributed by atoms with E-state index in [0.29, 0.717) is 6.42 Å². The zero-order valence-electron chi connectivity index (χ0n) is 8.31. The number of unbranched alkanes of at least 4 members (excludes halogenated alkanes) is 2. The minimum absolute atomic E-state index is 0. The van der Waals surface area contributed by atoms with Gasteiger partial charge >= 0.3 is 18.9 Å². The van der Waals surface area contributed by atoms with Gasteiger partial charge in [0.1, 0.15) is 0 Å². The van der Waals surface area contributed by atoms with Gasteiger partial charge in [0, 0.05) is 0 Å². The third-order valence-corrected chi connectivity index (χ3v) is 1.33. The Bertz CT molecular complexity index is 141. The van der Waals surface area contributed by atoms with E-state index in [4.69, 9.17) is 11.1 Å². The summed E-state index contributed by atoms with van der Waals surface area (Å²) >= 11 is 0. The molecule has 0 heterocycles. The Balaban J connectivity index is -0.000000405. The Kier molecular flexibility index (Phi) is 9.50. The molecule has 4 heteroatoms. The van der Waals surface area contributed by atoms with Gasteiger partial charge in [0.2, 0.25) is 0 Å². The monoisotopic (exact) mass is 150 g/mol. The molecular formula is C7H15LiN2O. The second-order valence-electron chi connectivity index (χ2n) is 2.30. The Morgan fingerprint density at radius 3 is 2.45 bits per heavy atom. The first-order valence-corrected chi connectivity index (χ1v) is 3.55. The molecular weight excluding hydrogens is 135 g/mol. The van der Waals surface area contributed by atoms with E-state index >= 15 is 0 Å². The third-order valence-electron chi connectivity index (χ3n) is 1.33. The van der Waals surface area contributed by atoms with Gasteiger partial charge in [-0.3, -0.25) is 10.2 Å². The van der Waals surface area contributed by atoms with Crippen molar-refractivity contribution in [3.63, 3.8) is 0 Å². The van der Waals surface area contributed by atoms with Gasteiger partial charge in [-0.1, -0.05) is 19.8 Å². The van der Waals surface area contributed by atoms with Crippen LogP contribution in [0.4, 0.5) is 0 Å². The third kappa shape index (κ3) is 7.64. The van der Waals surface area contributed by atoms with Crippen molar-refractivity contribution in [1.82, 2.24) is 0 Å². The topological polar surface area (TPSA) is 66.9 Å². The zero-order valence-corrected chi connectivity index (χ0v) is 7.31. The number of primary amides is 1. The summed E-state index contributed by atoms with van der Waals surface area (Å²) < 4.78 is 0. The van der Waals surface area contributed by atoms with Gasteiger partial charge in [-0.25, -0.2) is 0 Å². The van der Waals surface area contributed by atoms with Gasteiger partial charge in [0.15, 0.2) is 0 Å². The molecule has 0 aliphatic heterocycles. The number of nitrogens with two attached hydrogens (primary N) is 1. The van der Waals surface area contributed by atoms with E-state index in [9.17, 15) is 4.79 Å². The zero-order chi connectivity index (χ0) is 7.98. The fourth-order valence-electron chi connectivity index (χ4n) is 0.675. The summed E-state index contributed by atoms with van der Waals surface area (Å²) in [5, 5.41) is 7.05. The summed E-state index contributed by atoms with van der Waals surface area (Å²) in [4.78, 5) is 10.3. The number of rotatable bonds is 5. The molecule has 3 nitrogen and oxygen atoms in total. The predicted octanol–water partition coefficient (Wildman–Crippen LogP) is -1.81. The molecule has 0 aromatic carbocycles. The first kappa shape index (κ1) is 13.3. The molecule has 0 aliphatic carbocycles. The van der Waals surface area contributed by atoms with Crippen LogP contribution in [0.25, 0.3) is 0 Å². The Morgan fingerprint density at radius 1 is 1.55 bits per heavy atom. The first-order chi connectivity index (χ1) is 4.68. The minimum atomic E-state index is -0.587. The van der Waals surface area contributed by atoms with E-state index in [1.165, 1.54) is 0 Å². The average molecular weight is 150 g/mol. The maximum Gasteiger partial charge on any atom is 1.00 e. The smallest absolute Gasteiger partial charge is 1.00 e. The van der Waals surface area contributed by atoms with Crippen LogP contribution in [0, 0.1) is 5.41 Å². The molecule has 0 saturated carbocycles. The maximum absolute atomic E-state index is 10.3. The molecule has 0 saturated heterocycles. The number of amides is 1. The number of carbonyl (C=O) groups is 1. The molecule has 1 amide bonds. The van der Waals surface area contributed by atoms with Crippen molar-refractivity contribution in [3.8, 4) is 0 Å². The summed E-state index contributed by atoms with van der Waals surface area (Å²) in [6, 6.07) is 0. The van der Waals surface area contributed by atoms with Crippen molar-refractivity contribution in [2.75, 3.05) is 0 Å². The van der Waals surface area contributed by atoms with E-state index in [1.807, 2.05) is 0 Å². The standard InChI is InChI=1S/C7H14N2O.Li.H/c1-2-3-4-5-6(8)7(9)10;;/h8H,2-5H2,1H3,(H2,9,10);;/q;+1;-1. The van der Waals surface area contributed by atoms with Crippen LogP contribution in [0.2, 0.25) is 0 Å². The van der Waals surface area contributed by atoms with Crippen LogP contribution in [-0.4, -0.2) is 11.6 Å². The first-order valence-electron chi connectivity index (χ1n) is 3.55. The maximum atomic E-state index is 10.3. The van der Waals surface area contributed by atoms with Gasteiger partial charge in [-0.05, 0) is 12.8 Å². The van der Waals surface area contributed by atoms with Crippen molar-refractivity contribution in [2.24, 2.45) is 5.73 Å². The van der Waals surface area contributed by atoms with E-state index in [2.05, 4.69) is 6.92 Å². The fourth-order valence-corrected chi connectivity index (χ4v) is 0.675. The molecule has 0 aliphatic rings. The average Bonchev–Trinajstić information content (AvgIpc) is 1.88. The molecule has 0 aromatic heterocycles. The van der Waals surface area contributed by atoms with Gasteiger partial charge in [-0.15, -0.1) is 0 Å². The SMILES string of the molecule is CCCCCC(=N)C(N)=O.[H-].[Li+]. The van der Waals surface area contributed by atoms with Gasteiger partial charge in [0.05, 0.1) is 5.71 Å². The second kappa shape index (κ2) is 7.84. The molecule has 0 spiro atoms. The summed E-state index contributed by atoms with van der Waals surface area (Å²) in [6.07, 6.45) is 3.60. The molecule has 11 heavy (non-hydrogen) atoms. The largest absolute Gasteiger partial charge is 1.00 e. The molecule has 0 atom stereocenters. The minimum Gasteiger partial charge on any atom is -1.00 e. The van der Waals surface area contributed by atoms with Crippen LogP contribution >= 0.6 is 0 Å². The van der Waals surface area contributed by atoms with Crippen molar-refractivity contribution in [1.29, 1.82) is 5.41 Å². The molecule has 0 aromatic rings. The van der Waals surface area contributed by atoms with E-state index < -0.39 is 5.91 Å². The normalized spacial score (nSPS) is 8.45. The number of hydrogen-bond donors (Lipinski definition) is 2. The van der Waals surface area contributed by atoms with E-state index in [-0.39, 0.29) is 26.0 Å². The Labute approximate surface area is 80.9 Å². The van der Waals surface area contributed by atoms with Crippen LogP contribution in [0.15, 0.2) is 0 Å². The van der Waals surface area contributed by atoms with Crippen LogP contribution < -0.4 is 24.6 Å². The molecule has 0 rings (SSSR count). The predicted molar refractivity (Wildman–Crippen MR) is 42.2 cm³/mol. The van der Waals surface area contributed by atoms with E-state index in [1.54, 1.807) is 0 Å². The van der Waals surface area contributed by atoms with Crippen LogP contribution in [-0.2, 0) is 4.79 Å². The molecule has 0 fully saturated rings. The van der Waals surface area contributed by atoms with Crippen LogP contribution in [0.1, 0.15) is 34.0 Å². The van der Waals surface area contributed by atoms with Crippen LogP contribution in [0.5, 0.6) is 0 Å². The van der Waals surface area contributed by atoms with Gasteiger partial charge in [-0.2, -0.15) is 0 Å². The molecule has 0 radical (unpaired) electrons.